The molecule has 0 saturated heterocycles. The molecule has 4 nitrogen and oxygen atoms in total. The first-order valence-electron chi connectivity index (χ1n) is 3.55. The zero-order valence-corrected chi connectivity index (χ0v) is 7.96. The van der Waals surface area contributed by atoms with Crippen molar-refractivity contribution in [1.82, 2.24) is 0 Å². The van der Waals surface area contributed by atoms with Gasteiger partial charge in [-0.2, -0.15) is 0 Å². The molecule has 0 aliphatic heterocycles. The zero-order valence-electron chi connectivity index (χ0n) is 7.20. The minimum atomic E-state index is -0.514. The van der Waals surface area contributed by atoms with Gasteiger partial charge in [-0.25, -0.2) is 0 Å². The van der Waals surface area contributed by atoms with Crippen molar-refractivity contribution in [3.8, 4) is 5.75 Å². The fraction of sp³-hybridized carbons (Fsp3) is 0.250. The van der Waals surface area contributed by atoms with Crippen LogP contribution in [0.4, 0.5) is 5.69 Å². The van der Waals surface area contributed by atoms with E-state index in [-0.39, 0.29) is 10.7 Å². The van der Waals surface area contributed by atoms with Crippen LogP contribution in [-0.2, 0) is 0 Å². The smallest absolute Gasteiger partial charge is 0.294 e. The monoisotopic (exact) mass is 201 g/mol. The SMILES string of the molecule is COc1ccc(Cl)c([N+](=O)[O-])c1C. The summed E-state index contributed by atoms with van der Waals surface area (Å²) in [6.07, 6.45) is 0. The molecule has 0 radical (unpaired) electrons. The normalized spacial score (nSPS) is 9.77. The molecular weight excluding hydrogens is 194 g/mol. The Bertz CT molecular complexity index is 351. The van der Waals surface area contributed by atoms with E-state index in [1.807, 2.05) is 0 Å². The fourth-order valence-corrected chi connectivity index (χ4v) is 1.37. The van der Waals surface area contributed by atoms with E-state index in [9.17, 15) is 10.1 Å². The Labute approximate surface area is 80.2 Å². The standard InChI is InChI=1S/C8H8ClNO3/c1-5-7(13-2)4-3-6(9)8(5)10(11)12/h3-4H,1-2H3. The molecular formula is C8H8ClNO3. The predicted molar refractivity (Wildman–Crippen MR) is 49.4 cm³/mol. The summed E-state index contributed by atoms with van der Waals surface area (Å²) >= 11 is 5.66. The number of nitrogens with zero attached hydrogens (tertiary/aromatic N) is 1. The Morgan fingerprint density at radius 1 is 1.54 bits per heavy atom. The second-order valence-corrected chi connectivity index (χ2v) is 2.89. The lowest BCUT2D eigenvalue weighted by molar-refractivity contribution is -0.385. The largest absolute Gasteiger partial charge is 0.496 e. The lowest BCUT2D eigenvalue weighted by Gasteiger charge is -2.05. The Morgan fingerprint density at radius 3 is 2.62 bits per heavy atom. The van der Waals surface area contributed by atoms with Gasteiger partial charge in [0.15, 0.2) is 0 Å². The van der Waals surface area contributed by atoms with Gasteiger partial charge in [-0.3, -0.25) is 10.1 Å². The molecule has 1 rings (SSSR count). The summed E-state index contributed by atoms with van der Waals surface area (Å²) in [5.41, 5.74) is 0.348. The molecule has 5 heteroatoms. The molecule has 0 unspecified atom stereocenters. The summed E-state index contributed by atoms with van der Waals surface area (Å²) in [7, 11) is 1.46. The molecule has 0 fully saturated rings. The second kappa shape index (κ2) is 3.62. The van der Waals surface area contributed by atoms with Crippen molar-refractivity contribution in [3.05, 3.63) is 32.8 Å². The van der Waals surface area contributed by atoms with Crippen LogP contribution in [0.25, 0.3) is 0 Å². The van der Waals surface area contributed by atoms with Crippen LogP contribution in [0.1, 0.15) is 5.56 Å². The Balaban J connectivity index is 3.38. The van der Waals surface area contributed by atoms with E-state index >= 15 is 0 Å². The maximum absolute atomic E-state index is 10.6. The van der Waals surface area contributed by atoms with Gasteiger partial charge in [-0.1, -0.05) is 11.6 Å². The number of methoxy groups -OCH3 is 1. The average molecular weight is 202 g/mol. The molecule has 0 atom stereocenters. The molecule has 0 N–H and O–H groups in total. The third-order valence-electron chi connectivity index (χ3n) is 1.73. The third kappa shape index (κ3) is 1.72. The van der Waals surface area contributed by atoms with Crippen molar-refractivity contribution in [2.75, 3.05) is 7.11 Å². The Kier molecular flexibility index (Phi) is 2.72. The van der Waals surface area contributed by atoms with Crippen molar-refractivity contribution in [1.29, 1.82) is 0 Å². The highest BCUT2D eigenvalue weighted by Gasteiger charge is 2.18. The Morgan fingerprint density at radius 2 is 2.15 bits per heavy atom. The maximum Gasteiger partial charge on any atom is 0.294 e. The molecule has 0 heterocycles. The highest BCUT2D eigenvalue weighted by molar-refractivity contribution is 6.32. The quantitative estimate of drug-likeness (QED) is 0.546. The molecule has 0 bridgehead atoms. The number of nitro benzene ring substituents is 1. The molecule has 0 aromatic heterocycles. The van der Waals surface area contributed by atoms with Crippen LogP contribution in [0.3, 0.4) is 0 Å². The molecule has 0 amide bonds. The molecule has 1 aromatic rings. The molecule has 0 aliphatic carbocycles. The summed E-state index contributed by atoms with van der Waals surface area (Å²) < 4.78 is 4.93. The second-order valence-electron chi connectivity index (χ2n) is 2.48. The topological polar surface area (TPSA) is 52.4 Å². The van der Waals surface area contributed by atoms with Crippen molar-refractivity contribution in [2.24, 2.45) is 0 Å². The summed E-state index contributed by atoms with van der Waals surface area (Å²) in [6.45, 7) is 1.60. The molecule has 13 heavy (non-hydrogen) atoms. The van der Waals surface area contributed by atoms with E-state index in [1.54, 1.807) is 13.0 Å². The van der Waals surface area contributed by atoms with Gasteiger partial charge in [0.05, 0.1) is 17.6 Å². The van der Waals surface area contributed by atoms with Crippen LogP contribution in [0.2, 0.25) is 5.02 Å². The van der Waals surface area contributed by atoms with E-state index < -0.39 is 4.92 Å². The minimum absolute atomic E-state index is 0.0963. The van der Waals surface area contributed by atoms with E-state index in [0.717, 1.165) is 0 Å². The zero-order chi connectivity index (χ0) is 10.0. The van der Waals surface area contributed by atoms with E-state index in [4.69, 9.17) is 16.3 Å². The van der Waals surface area contributed by atoms with Gasteiger partial charge in [-0.15, -0.1) is 0 Å². The number of benzene rings is 1. The molecule has 1 aromatic carbocycles. The van der Waals surface area contributed by atoms with Gasteiger partial charge >= 0.3 is 0 Å². The maximum atomic E-state index is 10.6. The van der Waals surface area contributed by atoms with Crippen molar-refractivity contribution in [2.45, 2.75) is 6.92 Å². The summed E-state index contributed by atoms with van der Waals surface area (Å²) in [5, 5.41) is 10.7. The van der Waals surface area contributed by atoms with Crippen LogP contribution < -0.4 is 4.74 Å². The number of halogens is 1. The first-order chi connectivity index (χ1) is 6.07. The number of nitro groups is 1. The van der Waals surface area contributed by atoms with Gasteiger partial charge in [-0.05, 0) is 19.1 Å². The third-order valence-corrected chi connectivity index (χ3v) is 2.04. The average Bonchev–Trinajstić information content (AvgIpc) is 2.04. The van der Waals surface area contributed by atoms with Crippen LogP contribution in [0.15, 0.2) is 12.1 Å². The fourth-order valence-electron chi connectivity index (χ4n) is 1.09. The van der Waals surface area contributed by atoms with Crippen LogP contribution >= 0.6 is 11.6 Å². The highest BCUT2D eigenvalue weighted by atomic mass is 35.5. The van der Waals surface area contributed by atoms with Gasteiger partial charge in [0, 0.05) is 0 Å². The molecule has 0 saturated carbocycles. The van der Waals surface area contributed by atoms with Gasteiger partial charge in [0.25, 0.3) is 5.69 Å². The highest BCUT2D eigenvalue weighted by Crippen LogP contribution is 2.33. The van der Waals surface area contributed by atoms with E-state index in [2.05, 4.69) is 0 Å². The number of rotatable bonds is 2. The number of hydrogen-bond donors (Lipinski definition) is 0. The van der Waals surface area contributed by atoms with Crippen LogP contribution in [-0.4, -0.2) is 12.0 Å². The molecule has 0 spiro atoms. The minimum Gasteiger partial charge on any atom is -0.496 e. The predicted octanol–water partition coefficient (Wildman–Crippen LogP) is 2.57. The van der Waals surface area contributed by atoms with Gasteiger partial charge in [0.2, 0.25) is 0 Å². The van der Waals surface area contributed by atoms with E-state index in [0.29, 0.717) is 11.3 Å². The van der Waals surface area contributed by atoms with Crippen molar-refractivity contribution in [3.63, 3.8) is 0 Å². The summed E-state index contributed by atoms with van der Waals surface area (Å²) in [6, 6.07) is 3.05. The summed E-state index contributed by atoms with van der Waals surface area (Å²) in [4.78, 5) is 10.1. The lowest BCUT2D eigenvalue weighted by atomic mass is 10.2. The van der Waals surface area contributed by atoms with Crippen LogP contribution in [0, 0.1) is 17.0 Å². The van der Waals surface area contributed by atoms with Crippen molar-refractivity contribution < 1.29 is 9.66 Å². The molecule has 0 aliphatic rings. The van der Waals surface area contributed by atoms with E-state index in [1.165, 1.54) is 13.2 Å². The van der Waals surface area contributed by atoms with Crippen LogP contribution in [0.5, 0.6) is 5.75 Å². The Hall–Kier alpha value is -1.29. The molecule has 70 valence electrons. The lowest BCUT2D eigenvalue weighted by Crippen LogP contribution is -1.95. The number of ether oxygens (including phenoxy) is 1. The van der Waals surface area contributed by atoms with Crippen molar-refractivity contribution >= 4 is 17.3 Å². The summed E-state index contributed by atoms with van der Waals surface area (Å²) in [5.74, 6) is 0.469. The number of hydrogen-bond acceptors (Lipinski definition) is 3. The first kappa shape index (κ1) is 9.80. The van der Waals surface area contributed by atoms with Gasteiger partial charge in [0.1, 0.15) is 10.8 Å². The van der Waals surface area contributed by atoms with Gasteiger partial charge < -0.3 is 4.74 Å². The first-order valence-corrected chi connectivity index (χ1v) is 3.93.